The number of hydrogen-bond donors (Lipinski definition) is 1. The van der Waals surface area contributed by atoms with Crippen LogP contribution in [0.15, 0.2) is 21.1 Å². The van der Waals surface area contributed by atoms with E-state index in [4.69, 9.17) is 9.47 Å². The van der Waals surface area contributed by atoms with Crippen LogP contribution < -0.4 is 10.1 Å². The average molecular weight is 450 g/mol. The van der Waals surface area contributed by atoms with E-state index >= 15 is 0 Å². The third-order valence-electron chi connectivity index (χ3n) is 3.69. The second-order valence-electron chi connectivity index (χ2n) is 6.03. The fraction of sp³-hybridized carbons (Fsp3) is 0.647. The van der Waals surface area contributed by atoms with Gasteiger partial charge in [-0.2, -0.15) is 0 Å². The van der Waals surface area contributed by atoms with E-state index in [1.165, 1.54) is 5.56 Å². The molecule has 4 nitrogen and oxygen atoms in total. The molecule has 0 amide bonds. The first kappa shape index (κ1) is 19.2. The largest absolute Gasteiger partial charge is 0.489 e. The summed E-state index contributed by atoms with van der Waals surface area (Å²) in [6.45, 7) is 10.9. The lowest BCUT2D eigenvalue weighted by Crippen LogP contribution is -2.37. The van der Waals surface area contributed by atoms with Gasteiger partial charge in [-0.25, -0.2) is 0 Å². The number of hydrogen-bond acceptors (Lipinski definition) is 4. The van der Waals surface area contributed by atoms with Crippen LogP contribution in [-0.4, -0.2) is 50.4 Å². The lowest BCUT2D eigenvalue weighted by molar-refractivity contribution is 0.0374. The Morgan fingerprint density at radius 3 is 2.70 bits per heavy atom. The Kier molecular flexibility index (Phi) is 8.33. The summed E-state index contributed by atoms with van der Waals surface area (Å²) in [5, 5.41) is 3.53. The molecule has 130 valence electrons. The van der Waals surface area contributed by atoms with Crippen LogP contribution in [0.3, 0.4) is 0 Å². The number of halogens is 2. The summed E-state index contributed by atoms with van der Waals surface area (Å²) in [7, 11) is 0. The molecule has 1 N–H and O–H groups in total. The van der Waals surface area contributed by atoms with Gasteiger partial charge in [0.2, 0.25) is 0 Å². The van der Waals surface area contributed by atoms with Gasteiger partial charge in [-0.15, -0.1) is 0 Å². The molecule has 0 bridgehead atoms. The van der Waals surface area contributed by atoms with Crippen LogP contribution in [0.1, 0.15) is 25.8 Å². The molecule has 23 heavy (non-hydrogen) atoms. The van der Waals surface area contributed by atoms with Crippen molar-refractivity contribution in [2.75, 3.05) is 39.4 Å². The molecule has 2 rings (SSSR count). The number of benzene rings is 1. The van der Waals surface area contributed by atoms with E-state index in [0.717, 1.165) is 67.1 Å². The fourth-order valence-corrected chi connectivity index (χ4v) is 4.00. The second kappa shape index (κ2) is 9.99. The van der Waals surface area contributed by atoms with Gasteiger partial charge in [0.15, 0.2) is 0 Å². The number of nitrogens with zero attached hydrogens (tertiary/aromatic N) is 1. The third-order valence-corrected chi connectivity index (χ3v) is 4.73. The molecule has 0 atom stereocenters. The van der Waals surface area contributed by atoms with Crippen molar-refractivity contribution >= 4 is 31.9 Å². The van der Waals surface area contributed by atoms with E-state index in [2.05, 4.69) is 48.1 Å². The Balaban J connectivity index is 1.79. The maximum atomic E-state index is 5.95. The minimum absolute atomic E-state index is 0.160. The van der Waals surface area contributed by atoms with Crippen LogP contribution >= 0.6 is 31.9 Å². The summed E-state index contributed by atoms with van der Waals surface area (Å²) in [4.78, 5) is 2.47. The predicted octanol–water partition coefficient (Wildman–Crippen LogP) is 3.81. The quantitative estimate of drug-likeness (QED) is 0.611. The Bertz CT molecular complexity index is 492. The van der Waals surface area contributed by atoms with Gasteiger partial charge in [-0.05, 0) is 61.4 Å². The molecule has 1 aliphatic rings. The van der Waals surface area contributed by atoms with E-state index in [-0.39, 0.29) is 6.10 Å². The number of ether oxygens (including phenoxy) is 2. The number of nitrogens with one attached hydrogen (secondary N) is 1. The minimum atomic E-state index is 0.160. The van der Waals surface area contributed by atoms with Crippen molar-refractivity contribution in [3.63, 3.8) is 0 Å². The van der Waals surface area contributed by atoms with Crippen molar-refractivity contribution < 1.29 is 9.47 Å². The smallest absolute Gasteiger partial charge is 0.138 e. The highest BCUT2D eigenvalue weighted by atomic mass is 79.9. The molecular formula is C17H26Br2N2O2. The van der Waals surface area contributed by atoms with Crippen molar-refractivity contribution in [3.05, 3.63) is 26.6 Å². The van der Waals surface area contributed by atoms with Crippen molar-refractivity contribution in [1.82, 2.24) is 10.2 Å². The predicted molar refractivity (Wildman–Crippen MR) is 101 cm³/mol. The number of morpholine rings is 1. The highest BCUT2D eigenvalue weighted by Gasteiger charge is 2.12. The van der Waals surface area contributed by atoms with Gasteiger partial charge in [0.25, 0.3) is 0 Å². The Labute approximate surface area is 156 Å². The summed E-state index contributed by atoms with van der Waals surface area (Å²) >= 11 is 7.16. The lowest BCUT2D eigenvalue weighted by atomic mass is 10.2. The molecule has 1 fully saturated rings. The summed E-state index contributed by atoms with van der Waals surface area (Å²) in [5.74, 6) is 0.934. The van der Waals surface area contributed by atoms with Crippen molar-refractivity contribution in [2.45, 2.75) is 32.9 Å². The van der Waals surface area contributed by atoms with E-state index in [9.17, 15) is 0 Å². The zero-order chi connectivity index (χ0) is 16.7. The SMILES string of the molecule is CC(C)Oc1c(Br)cc(Br)cc1CNCCCN1CCOCC1. The standard InChI is InChI=1S/C17H26Br2N2O2/c1-13(2)23-17-14(10-15(18)11-16(17)19)12-20-4-3-5-21-6-8-22-9-7-21/h10-11,13,20H,3-9,12H2,1-2H3. The molecular weight excluding hydrogens is 424 g/mol. The normalized spacial score (nSPS) is 16.0. The summed E-state index contributed by atoms with van der Waals surface area (Å²) < 4.78 is 13.4. The summed E-state index contributed by atoms with van der Waals surface area (Å²) in [6.07, 6.45) is 1.31. The van der Waals surface area contributed by atoms with E-state index in [1.807, 2.05) is 19.9 Å². The molecule has 0 aliphatic carbocycles. The average Bonchev–Trinajstić information content (AvgIpc) is 2.51. The van der Waals surface area contributed by atoms with Gasteiger partial charge in [0.05, 0.1) is 23.8 Å². The van der Waals surface area contributed by atoms with Crippen LogP contribution in [-0.2, 0) is 11.3 Å². The van der Waals surface area contributed by atoms with E-state index < -0.39 is 0 Å². The van der Waals surface area contributed by atoms with Gasteiger partial charge < -0.3 is 14.8 Å². The third kappa shape index (κ3) is 6.70. The fourth-order valence-electron chi connectivity index (χ4n) is 2.59. The first-order valence-corrected chi connectivity index (χ1v) is 9.80. The molecule has 0 radical (unpaired) electrons. The molecule has 6 heteroatoms. The Morgan fingerprint density at radius 1 is 1.26 bits per heavy atom. The zero-order valence-electron chi connectivity index (χ0n) is 13.9. The molecule has 0 saturated carbocycles. The summed E-state index contributed by atoms with van der Waals surface area (Å²) in [5.41, 5.74) is 1.17. The Morgan fingerprint density at radius 2 is 2.00 bits per heavy atom. The first-order valence-electron chi connectivity index (χ1n) is 8.21. The molecule has 1 aromatic rings. The molecule has 1 heterocycles. The molecule has 0 aromatic heterocycles. The van der Waals surface area contributed by atoms with Crippen LogP contribution in [0.4, 0.5) is 0 Å². The topological polar surface area (TPSA) is 33.7 Å². The van der Waals surface area contributed by atoms with Gasteiger partial charge >= 0.3 is 0 Å². The van der Waals surface area contributed by atoms with Gasteiger partial charge in [0.1, 0.15) is 5.75 Å². The van der Waals surface area contributed by atoms with Gasteiger partial charge in [-0.1, -0.05) is 15.9 Å². The van der Waals surface area contributed by atoms with Crippen LogP contribution in [0.2, 0.25) is 0 Å². The summed E-state index contributed by atoms with van der Waals surface area (Å²) in [6, 6.07) is 4.15. The molecule has 1 aromatic carbocycles. The van der Waals surface area contributed by atoms with Crippen molar-refractivity contribution in [2.24, 2.45) is 0 Å². The van der Waals surface area contributed by atoms with Crippen molar-refractivity contribution in [1.29, 1.82) is 0 Å². The number of rotatable bonds is 8. The minimum Gasteiger partial charge on any atom is -0.489 e. The van der Waals surface area contributed by atoms with E-state index in [1.54, 1.807) is 0 Å². The maximum absolute atomic E-state index is 5.95. The monoisotopic (exact) mass is 448 g/mol. The van der Waals surface area contributed by atoms with Gasteiger partial charge in [-0.3, -0.25) is 4.90 Å². The van der Waals surface area contributed by atoms with Crippen LogP contribution in [0, 0.1) is 0 Å². The highest BCUT2D eigenvalue weighted by Crippen LogP contribution is 2.33. The second-order valence-corrected chi connectivity index (χ2v) is 7.80. The molecule has 0 unspecified atom stereocenters. The lowest BCUT2D eigenvalue weighted by Gasteiger charge is -2.26. The van der Waals surface area contributed by atoms with Crippen LogP contribution in [0.25, 0.3) is 0 Å². The highest BCUT2D eigenvalue weighted by molar-refractivity contribution is 9.11. The molecule has 1 saturated heterocycles. The van der Waals surface area contributed by atoms with Crippen LogP contribution in [0.5, 0.6) is 5.75 Å². The van der Waals surface area contributed by atoms with Gasteiger partial charge in [0, 0.05) is 29.7 Å². The molecule has 1 aliphatic heterocycles. The first-order chi connectivity index (χ1) is 11.1. The van der Waals surface area contributed by atoms with E-state index in [0.29, 0.717) is 0 Å². The molecule has 0 spiro atoms. The maximum Gasteiger partial charge on any atom is 0.138 e. The van der Waals surface area contributed by atoms with Crippen molar-refractivity contribution in [3.8, 4) is 5.75 Å². The Hall–Kier alpha value is -0.140. The zero-order valence-corrected chi connectivity index (χ0v) is 17.1.